The molecule has 6 nitrogen and oxygen atoms in total. The van der Waals surface area contributed by atoms with Crippen LogP contribution >= 0.6 is 0 Å². The number of hydrogen-bond donors (Lipinski definition) is 3. The quantitative estimate of drug-likeness (QED) is 0.748. The second kappa shape index (κ2) is 5.60. The fourth-order valence-corrected chi connectivity index (χ4v) is 4.26. The molecule has 1 fully saturated rings. The van der Waals surface area contributed by atoms with Gasteiger partial charge in [0.2, 0.25) is 10.0 Å². The van der Waals surface area contributed by atoms with Crippen LogP contribution in [0.1, 0.15) is 37.6 Å². The predicted molar refractivity (Wildman–Crippen MR) is 72.9 cm³/mol. The molecule has 0 radical (unpaired) electrons. The smallest absolute Gasteiger partial charge is 0.244 e. The number of hydrogen-bond acceptors (Lipinski definition) is 4. The summed E-state index contributed by atoms with van der Waals surface area (Å²) in [6, 6.07) is 0. The maximum Gasteiger partial charge on any atom is 0.244 e. The van der Waals surface area contributed by atoms with Gasteiger partial charge in [-0.1, -0.05) is 13.3 Å². The molecule has 0 saturated heterocycles. The van der Waals surface area contributed by atoms with E-state index in [1.807, 2.05) is 0 Å². The van der Waals surface area contributed by atoms with Gasteiger partial charge in [-0.25, -0.2) is 13.1 Å². The van der Waals surface area contributed by atoms with E-state index in [1.54, 1.807) is 6.92 Å². The van der Waals surface area contributed by atoms with Crippen molar-refractivity contribution in [3.63, 3.8) is 0 Å². The van der Waals surface area contributed by atoms with Crippen LogP contribution in [0.25, 0.3) is 0 Å². The lowest BCUT2D eigenvalue weighted by Gasteiger charge is -2.12. The Morgan fingerprint density at radius 3 is 2.79 bits per heavy atom. The van der Waals surface area contributed by atoms with Crippen LogP contribution in [0.15, 0.2) is 4.90 Å². The zero-order valence-electron chi connectivity index (χ0n) is 11.4. The molecule has 2 rings (SSSR count). The first-order valence-electron chi connectivity index (χ1n) is 6.67. The largest absolute Gasteiger partial charge is 0.325 e. The van der Waals surface area contributed by atoms with E-state index in [-0.39, 0.29) is 11.4 Å². The zero-order chi connectivity index (χ0) is 14.0. The van der Waals surface area contributed by atoms with Crippen molar-refractivity contribution in [2.75, 3.05) is 6.54 Å². The summed E-state index contributed by atoms with van der Waals surface area (Å²) in [5.74, 6) is 1.14. The number of nitrogens with one attached hydrogen (secondary N) is 2. The fourth-order valence-electron chi connectivity index (χ4n) is 2.77. The minimum Gasteiger partial charge on any atom is -0.325 e. The molecule has 19 heavy (non-hydrogen) atoms. The number of sulfonamides is 1. The van der Waals surface area contributed by atoms with E-state index < -0.39 is 10.0 Å². The van der Waals surface area contributed by atoms with Crippen LogP contribution < -0.4 is 10.5 Å². The number of aromatic nitrogens is 2. The summed E-state index contributed by atoms with van der Waals surface area (Å²) in [6.45, 7) is 4.52. The SMILES string of the molecule is Cc1[nH]nc(CN)c1S(=O)(=O)NCC1CCC(C)C1. The summed E-state index contributed by atoms with van der Waals surface area (Å²) < 4.78 is 27.3. The number of nitrogens with two attached hydrogens (primary N) is 1. The van der Waals surface area contributed by atoms with Crippen molar-refractivity contribution in [3.05, 3.63) is 11.4 Å². The van der Waals surface area contributed by atoms with Crippen LogP contribution in [0.2, 0.25) is 0 Å². The molecule has 1 aromatic heterocycles. The van der Waals surface area contributed by atoms with Gasteiger partial charge < -0.3 is 5.73 Å². The number of rotatable bonds is 5. The van der Waals surface area contributed by atoms with Gasteiger partial charge in [0.15, 0.2) is 0 Å². The van der Waals surface area contributed by atoms with Gasteiger partial charge in [0.25, 0.3) is 0 Å². The van der Waals surface area contributed by atoms with E-state index in [0.717, 1.165) is 12.8 Å². The summed E-state index contributed by atoms with van der Waals surface area (Å²) in [4.78, 5) is 0.209. The standard InChI is InChI=1S/C12H22N4O2S/c1-8-3-4-10(5-8)7-14-19(17,18)12-9(2)15-16-11(12)6-13/h8,10,14H,3-7,13H2,1-2H3,(H,15,16). The molecular weight excluding hydrogens is 264 g/mol. The van der Waals surface area contributed by atoms with Gasteiger partial charge in [-0.3, -0.25) is 5.10 Å². The minimum absolute atomic E-state index is 0.112. The van der Waals surface area contributed by atoms with Gasteiger partial charge in [-0.05, 0) is 31.6 Å². The van der Waals surface area contributed by atoms with E-state index in [0.29, 0.717) is 29.8 Å². The summed E-state index contributed by atoms with van der Waals surface area (Å²) in [7, 11) is -3.52. The van der Waals surface area contributed by atoms with Crippen LogP contribution in [0.3, 0.4) is 0 Å². The maximum atomic E-state index is 12.3. The molecule has 1 heterocycles. The molecule has 1 aliphatic rings. The molecule has 0 amide bonds. The van der Waals surface area contributed by atoms with E-state index in [2.05, 4.69) is 21.8 Å². The molecule has 0 spiro atoms. The number of nitrogens with zero attached hydrogens (tertiary/aromatic N) is 1. The summed E-state index contributed by atoms with van der Waals surface area (Å²) >= 11 is 0. The van der Waals surface area contributed by atoms with Crippen molar-refractivity contribution in [1.82, 2.24) is 14.9 Å². The Morgan fingerprint density at radius 1 is 1.47 bits per heavy atom. The Balaban J connectivity index is 2.08. The molecule has 7 heteroatoms. The average Bonchev–Trinajstić information content (AvgIpc) is 2.93. The molecule has 108 valence electrons. The lowest BCUT2D eigenvalue weighted by Crippen LogP contribution is -2.29. The van der Waals surface area contributed by atoms with Crippen molar-refractivity contribution >= 4 is 10.0 Å². The highest BCUT2D eigenvalue weighted by atomic mass is 32.2. The highest BCUT2D eigenvalue weighted by Gasteiger charge is 2.26. The molecule has 2 atom stereocenters. The Labute approximate surface area is 114 Å². The van der Waals surface area contributed by atoms with Gasteiger partial charge in [0.05, 0.1) is 11.4 Å². The van der Waals surface area contributed by atoms with Gasteiger partial charge >= 0.3 is 0 Å². The molecule has 0 aliphatic heterocycles. The highest BCUT2D eigenvalue weighted by Crippen LogP contribution is 2.30. The summed E-state index contributed by atoms with van der Waals surface area (Å²) in [5, 5.41) is 6.60. The minimum atomic E-state index is -3.52. The molecule has 0 bridgehead atoms. The molecule has 2 unspecified atom stereocenters. The molecule has 1 aliphatic carbocycles. The third-order valence-electron chi connectivity index (χ3n) is 3.79. The Morgan fingerprint density at radius 2 is 2.21 bits per heavy atom. The second-order valence-corrected chi connectivity index (χ2v) is 7.17. The van der Waals surface area contributed by atoms with Gasteiger partial charge in [0, 0.05) is 13.1 Å². The molecule has 1 saturated carbocycles. The van der Waals surface area contributed by atoms with Crippen molar-refractivity contribution in [2.45, 2.75) is 44.6 Å². The van der Waals surface area contributed by atoms with Crippen molar-refractivity contribution in [1.29, 1.82) is 0 Å². The Hall–Kier alpha value is -0.920. The summed E-state index contributed by atoms with van der Waals surface area (Å²) in [6.07, 6.45) is 3.37. The monoisotopic (exact) mass is 286 g/mol. The van der Waals surface area contributed by atoms with Gasteiger partial charge in [-0.15, -0.1) is 0 Å². The second-order valence-electron chi connectivity index (χ2n) is 5.46. The van der Waals surface area contributed by atoms with Crippen LogP contribution in [-0.4, -0.2) is 25.2 Å². The fraction of sp³-hybridized carbons (Fsp3) is 0.750. The first-order chi connectivity index (χ1) is 8.94. The first-order valence-corrected chi connectivity index (χ1v) is 8.16. The molecule has 0 aromatic carbocycles. The number of aryl methyl sites for hydroxylation is 1. The van der Waals surface area contributed by atoms with Crippen LogP contribution in [0.4, 0.5) is 0 Å². The lowest BCUT2D eigenvalue weighted by molar-refractivity contribution is 0.498. The van der Waals surface area contributed by atoms with Crippen molar-refractivity contribution in [2.24, 2.45) is 17.6 Å². The third-order valence-corrected chi connectivity index (χ3v) is 5.41. The van der Waals surface area contributed by atoms with Crippen molar-refractivity contribution < 1.29 is 8.42 Å². The van der Waals surface area contributed by atoms with Crippen molar-refractivity contribution in [3.8, 4) is 0 Å². The van der Waals surface area contributed by atoms with Crippen LogP contribution in [0.5, 0.6) is 0 Å². The van der Waals surface area contributed by atoms with E-state index in [4.69, 9.17) is 5.73 Å². The average molecular weight is 286 g/mol. The van der Waals surface area contributed by atoms with E-state index in [1.165, 1.54) is 6.42 Å². The lowest BCUT2D eigenvalue weighted by atomic mass is 10.1. The molecule has 1 aromatic rings. The van der Waals surface area contributed by atoms with E-state index >= 15 is 0 Å². The van der Waals surface area contributed by atoms with E-state index in [9.17, 15) is 8.42 Å². The number of H-pyrrole nitrogens is 1. The Kier molecular flexibility index (Phi) is 4.27. The third kappa shape index (κ3) is 3.16. The normalized spacial score (nSPS) is 23.9. The highest BCUT2D eigenvalue weighted by molar-refractivity contribution is 7.89. The van der Waals surface area contributed by atoms with Crippen LogP contribution in [0, 0.1) is 18.8 Å². The first kappa shape index (κ1) is 14.5. The van der Waals surface area contributed by atoms with Crippen LogP contribution in [-0.2, 0) is 16.6 Å². The number of aromatic amines is 1. The molecule has 4 N–H and O–H groups in total. The topological polar surface area (TPSA) is 101 Å². The molecular formula is C12H22N4O2S. The Bertz CT molecular complexity index is 538. The zero-order valence-corrected chi connectivity index (χ0v) is 12.3. The summed E-state index contributed by atoms with van der Waals surface area (Å²) in [5.41, 5.74) is 6.45. The maximum absolute atomic E-state index is 12.3. The van der Waals surface area contributed by atoms with Gasteiger partial charge in [0.1, 0.15) is 4.90 Å². The predicted octanol–water partition coefficient (Wildman–Crippen LogP) is 0.891. The van der Waals surface area contributed by atoms with Gasteiger partial charge in [-0.2, -0.15) is 5.10 Å².